The van der Waals surface area contributed by atoms with Crippen LogP contribution >= 0.6 is 11.3 Å². The van der Waals surface area contributed by atoms with Crippen LogP contribution < -0.4 is 10.8 Å². The number of hydroxylamine groups is 1. The van der Waals surface area contributed by atoms with Crippen molar-refractivity contribution >= 4 is 27.7 Å². The number of allylic oxidation sites excluding steroid dienone is 3. The average molecular weight is 341 g/mol. The van der Waals surface area contributed by atoms with Crippen LogP contribution in [0, 0.1) is 0 Å². The fourth-order valence-electron chi connectivity index (χ4n) is 1.73. The predicted octanol–water partition coefficient (Wildman–Crippen LogP) is 4.80. The number of nitrogens with zero attached hydrogens (tertiary/aromatic N) is 1. The molecule has 0 saturated heterocycles. The van der Waals surface area contributed by atoms with Gasteiger partial charge in [-0.1, -0.05) is 12.1 Å². The molecule has 122 valence electrons. The number of benzene rings is 1. The standard InChI is InChI=1S/C15H14F3N3OS/c1-10(4-3-7-19-22)13-9-23-14(21-13)20-12-6-2-5-11(8-12)15(16,17)18/h2-9,19,22H,1H3,(H,20,21)/b7-3-,10-4+. The van der Waals surface area contributed by atoms with E-state index in [4.69, 9.17) is 5.21 Å². The Labute approximate surface area is 135 Å². The van der Waals surface area contributed by atoms with Gasteiger partial charge < -0.3 is 5.32 Å². The molecule has 1 heterocycles. The minimum absolute atomic E-state index is 0.326. The number of aromatic nitrogens is 1. The Balaban J connectivity index is 2.13. The number of nitrogens with one attached hydrogen (secondary N) is 2. The summed E-state index contributed by atoms with van der Waals surface area (Å²) in [7, 11) is 0. The van der Waals surface area contributed by atoms with Gasteiger partial charge in [-0.25, -0.2) is 4.98 Å². The molecule has 0 aliphatic rings. The summed E-state index contributed by atoms with van der Waals surface area (Å²) in [6.07, 6.45) is 0.316. The smallest absolute Gasteiger partial charge is 0.332 e. The molecule has 3 N–H and O–H groups in total. The van der Waals surface area contributed by atoms with Crippen molar-refractivity contribution < 1.29 is 18.4 Å². The van der Waals surface area contributed by atoms with Gasteiger partial charge in [0.25, 0.3) is 0 Å². The van der Waals surface area contributed by atoms with Crippen molar-refractivity contribution in [3.8, 4) is 0 Å². The molecule has 0 spiro atoms. The molecular weight excluding hydrogens is 327 g/mol. The molecule has 23 heavy (non-hydrogen) atoms. The zero-order valence-corrected chi connectivity index (χ0v) is 12.9. The quantitative estimate of drug-likeness (QED) is 0.540. The summed E-state index contributed by atoms with van der Waals surface area (Å²) in [5, 5.41) is 13.6. The number of anilines is 2. The van der Waals surface area contributed by atoms with E-state index in [9.17, 15) is 13.2 Å². The van der Waals surface area contributed by atoms with Crippen molar-refractivity contribution in [3.63, 3.8) is 0 Å². The third kappa shape index (κ3) is 4.83. The highest BCUT2D eigenvalue weighted by Gasteiger charge is 2.30. The highest BCUT2D eigenvalue weighted by molar-refractivity contribution is 7.13. The monoisotopic (exact) mass is 341 g/mol. The highest BCUT2D eigenvalue weighted by Crippen LogP contribution is 2.32. The Morgan fingerprint density at radius 2 is 2.13 bits per heavy atom. The summed E-state index contributed by atoms with van der Waals surface area (Å²) >= 11 is 1.29. The van der Waals surface area contributed by atoms with Crippen LogP contribution in [-0.4, -0.2) is 10.2 Å². The van der Waals surface area contributed by atoms with Gasteiger partial charge in [-0.2, -0.15) is 13.2 Å². The fourth-order valence-corrected chi connectivity index (χ4v) is 2.52. The zero-order valence-electron chi connectivity index (χ0n) is 12.1. The van der Waals surface area contributed by atoms with E-state index in [1.54, 1.807) is 23.6 Å². The SMILES string of the molecule is C/C(=C\C=C/NO)c1csc(Nc2cccc(C(F)(F)F)c2)n1. The van der Waals surface area contributed by atoms with Gasteiger partial charge in [-0.15, -0.1) is 11.3 Å². The van der Waals surface area contributed by atoms with Crippen molar-refractivity contribution in [1.82, 2.24) is 10.5 Å². The molecule has 0 bridgehead atoms. The van der Waals surface area contributed by atoms with Gasteiger partial charge in [-0.3, -0.25) is 10.7 Å². The molecule has 0 aliphatic heterocycles. The topological polar surface area (TPSA) is 57.2 Å². The van der Waals surface area contributed by atoms with Crippen molar-refractivity contribution in [1.29, 1.82) is 0 Å². The van der Waals surface area contributed by atoms with Gasteiger partial charge in [0.05, 0.1) is 11.3 Å². The van der Waals surface area contributed by atoms with E-state index in [0.717, 1.165) is 17.7 Å². The summed E-state index contributed by atoms with van der Waals surface area (Å²) in [6, 6.07) is 4.96. The number of halogens is 3. The van der Waals surface area contributed by atoms with E-state index in [-0.39, 0.29) is 0 Å². The maximum atomic E-state index is 12.7. The van der Waals surface area contributed by atoms with Crippen LogP contribution in [0.3, 0.4) is 0 Å². The van der Waals surface area contributed by atoms with Gasteiger partial charge in [0.15, 0.2) is 5.13 Å². The largest absolute Gasteiger partial charge is 0.416 e. The Bertz CT molecular complexity index is 723. The summed E-state index contributed by atoms with van der Waals surface area (Å²) < 4.78 is 38.1. The van der Waals surface area contributed by atoms with Crippen molar-refractivity contribution in [2.45, 2.75) is 13.1 Å². The van der Waals surface area contributed by atoms with Gasteiger partial charge in [0, 0.05) is 17.3 Å². The molecule has 4 nitrogen and oxygen atoms in total. The van der Waals surface area contributed by atoms with Crippen LogP contribution in [0.1, 0.15) is 18.2 Å². The second kappa shape index (κ2) is 7.30. The molecule has 1 aromatic heterocycles. The van der Waals surface area contributed by atoms with Crippen molar-refractivity contribution in [2.75, 3.05) is 5.32 Å². The molecule has 0 unspecified atom stereocenters. The zero-order chi connectivity index (χ0) is 16.9. The lowest BCUT2D eigenvalue weighted by Gasteiger charge is -2.08. The molecule has 0 saturated carbocycles. The van der Waals surface area contributed by atoms with Crippen molar-refractivity contribution in [2.24, 2.45) is 0 Å². The first kappa shape index (κ1) is 17.0. The molecule has 0 radical (unpaired) electrons. The first-order valence-corrected chi connectivity index (χ1v) is 7.41. The normalized spacial score (nSPS) is 12.7. The lowest BCUT2D eigenvalue weighted by molar-refractivity contribution is -0.137. The molecular formula is C15H14F3N3OS. The average Bonchev–Trinajstić information content (AvgIpc) is 2.95. The molecule has 2 aromatic rings. The van der Waals surface area contributed by atoms with Crippen LogP contribution in [0.2, 0.25) is 0 Å². The van der Waals surface area contributed by atoms with Crippen LogP contribution in [-0.2, 0) is 6.18 Å². The third-order valence-corrected chi connectivity index (χ3v) is 3.62. The van der Waals surface area contributed by atoms with Crippen LogP contribution in [0.4, 0.5) is 24.0 Å². The van der Waals surface area contributed by atoms with Crippen LogP contribution in [0.25, 0.3) is 5.57 Å². The maximum absolute atomic E-state index is 12.7. The molecule has 0 fully saturated rings. The molecule has 0 aliphatic carbocycles. The van der Waals surface area contributed by atoms with E-state index < -0.39 is 11.7 Å². The predicted molar refractivity (Wildman–Crippen MR) is 84.6 cm³/mol. The minimum Gasteiger partial charge on any atom is -0.332 e. The minimum atomic E-state index is -4.38. The third-order valence-electron chi connectivity index (χ3n) is 2.87. The second-order valence-corrected chi connectivity index (χ2v) is 5.44. The number of hydrogen-bond donors (Lipinski definition) is 3. The van der Waals surface area contributed by atoms with Gasteiger partial charge in [0.1, 0.15) is 0 Å². The molecule has 8 heteroatoms. The van der Waals surface area contributed by atoms with E-state index in [1.165, 1.54) is 23.6 Å². The Morgan fingerprint density at radius 1 is 1.35 bits per heavy atom. The lowest BCUT2D eigenvalue weighted by Crippen LogP contribution is -2.05. The number of hydrogen-bond acceptors (Lipinski definition) is 5. The summed E-state index contributed by atoms with van der Waals surface area (Å²) in [5.74, 6) is 0. The molecule has 2 rings (SSSR count). The lowest BCUT2D eigenvalue weighted by atomic mass is 10.2. The van der Waals surface area contributed by atoms with E-state index in [1.807, 2.05) is 12.4 Å². The van der Waals surface area contributed by atoms with Crippen LogP contribution in [0.5, 0.6) is 0 Å². The van der Waals surface area contributed by atoms with Crippen molar-refractivity contribution in [3.05, 3.63) is 59.3 Å². The van der Waals surface area contributed by atoms with Gasteiger partial charge in [-0.05, 0) is 36.8 Å². The number of rotatable bonds is 5. The maximum Gasteiger partial charge on any atom is 0.416 e. The van der Waals surface area contributed by atoms with Gasteiger partial charge in [0.2, 0.25) is 0 Å². The van der Waals surface area contributed by atoms with E-state index in [0.29, 0.717) is 16.5 Å². The summed E-state index contributed by atoms with van der Waals surface area (Å²) in [4.78, 5) is 4.32. The van der Waals surface area contributed by atoms with Gasteiger partial charge >= 0.3 is 6.18 Å². The molecule has 0 atom stereocenters. The number of alkyl halides is 3. The first-order valence-electron chi connectivity index (χ1n) is 6.53. The van der Waals surface area contributed by atoms with E-state index in [2.05, 4.69) is 10.3 Å². The molecule has 1 aromatic carbocycles. The Hall–Kier alpha value is -2.32. The molecule has 0 amide bonds. The van der Waals surface area contributed by atoms with Crippen LogP contribution in [0.15, 0.2) is 48.0 Å². The fraction of sp³-hybridized carbons (Fsp3) is 0.133. The second-order valence-electron chi connectivity index (χ2n) is 4.58. The summed E-state index contributed by atoms with van der Waals surface area (Å²) in [6.45, 7) is 1.84. The Morgan fingerprint density at radius 3 is 2.83 bits per heavy atom. The number of thiazole rings is 1. The first-order chi connectivity index (χ1) is 10.9. The van der Waals surface area contributed by atoms with E-state index >= 15 is 0 Å². The summed E-state index contributed by atoms with van der Waals surface area (Å²) in [5.41, 5.74) is 3.05. The Kier molecular flexibility index (Phi) is 5.41. The highest BCUT2D eigenvalue weighted by atomic mass is 32.1.